The van der Waals surface area contributed by atoms with Gasteiger partial charge in [0.25, 0.3) is 0 Å². The Morgan fingerprint density at radius 1 is 1.40 bits per heavy atom. The van der Waals surface area contributed by atoms with E-state index in [-0.39, 0.29) is 5.91 Å². The minimum Gasteiger partial charge on any atom is -0.354 e. The smallest absolute Gasteiger partial charge is 0.221 e. The summed E-state index contributed by atoms with van der Waals surface area (Å²) in [7, 11) is 0. The van der Waals surface area contributed by atoms with Gasteiger partial charge in [0, 0.05) is 48.7 Å². The largest absolute Gasteiger partial charge is 0.354 e. The number of amides is 1. The maximum atomic E-state index is 11.7. The zero-order chi connectivity index (χ0) is 17.6. The lowest BCUT2D eigenvalue weighted by Crippen LogP contribution is -2.46. The molecule has 1 atom stereocenters. The summed E-state index contributed by atoms with van der Waals surface area (Å²) in [4.78, 5) is 18.7. The van der Waals surface area contributed by atoms with Crippen LogP contribution in [-0.4, -0.2) is 41.5 Å². The molecule has 1 aliphatic rings. The SMILES string of the molecule is NCCC(=O)NCC1CCCCN1Cc1cc(Cl)cc2cccnc12. The van der Waals surface area contributed by atoms with Crippen LogP contribution in [0.4, 0.5) is 0 Å². The fourth-order valence-electron chi connectivity index (χ4n) is 3.52. The van der Waals surface area contributed by atoms with Gasteiger partial charge in [-0.05, 0) is 43.1 Å². The highest BCUT2D eigenvalue weighted by atomic mass is 35.5. The van der Waals surface area contributed by atoms with Gasteiger partial charge in [-0.1, -0.05) is 24.1 Å². The predicted molar refractivity (Wildman–Crippen MR) is 101 cm³/mol. The van der Waals surface area contributed by atoms with Crippen molar-refractivity contribution >= 4 is 28.4 Å². The van der Waals surface area contributed by atoms with Crippen molar-refractivity contribution in [2.45, 2.75) is 38.3 Å². The second kappa shape index (κ2) is 8.61. The number of pyridine rings is 1. The molecule has 6 heteroatoms. The Hall–Kier alpha value is -1.69. The van der Waals surface area contributed by atoms with E-state index in [1.54, 1.807) is 0 Å². The molecular formula is C19H25ClN4O. The van der Waals surface area contributed by atoms with Gasteiger partial charge in [-0.15, -0.1) is 0 Å². The molecule has 0 saturated carbocycles. The van der Waals surface area contributed by atoms with E-state index in [0.29, 0.717) is 25.6 Å². The lowest BCUT2D eigenvalue weighted by Gasteiger charge is -2.36. The average Bonchev–Trinajstić information content (AvgIpc) is 2.61. The van der Waals surface area contributed by atoms with E-state index < -0.39 is 0 Å². The normalized spacial score (nSPS) is 18.4. The second-order valence-corrected chi connectivity index (χ2v) is 7.04. The molecule has 2 heterocycles. The van der Waals surface area contributed by atoms with E-state index in [0.717, 1.165) is 41.0 Å². The van der Waals surface area contributed by atoms with Gasteiger partial charge in [-0.3, -0.25) is 14.7 Å². The molecule has 1 aromatic carbocycles. The van der Waals surface area contributed by atoms with Crippen molar-refractivity contribution in [1.82, 2.24) is 15.2 Å². The van der Waals surface area contributed by atoms with E-state index in [9.17, 15) is 4.79 Å². The number of carbonyl (C=O) groups excluding carboxylic acids is 1. The third-order valence-electron chi connectivity index (χ3n) is 4.78. The summed E-state index contributed by atoms with van der Waals surface area (Å²) < 4.78 is 0. The van der Waals surface area contributed by atoms with Gasteiger partial charge >= 0.3 is 0 Å². The van der Waals surface area contributed by atoms with Crippen LogP contribution in [0, 0.1) is 0 Å². The Labute approximate surface area is 153 Å². The number of rotatable bonds is 6. The average molecular weight is 361 g/mol. The van der Waals surface area contributed by atoms with Crippen LogP contribution in [0.25, 0.3) is 10.9 Å². The summed E-state index contributed by atoms with van der Waals surface area (Å²) in [5, 5.41) is 4.82. The van der Waals surface area contributed by atoms with Crippen LogP contribution in [0.15, 0.2) is 30.5 Å². The van der Waals surface area contributed by atoms with Crippen LogP contribution in [0.3, 0.4) is 0 Å². The summed E-state index contributed by atoms with van der Waals surface area (Å²) >= 11 is 6.30. The molecule has 0 aliphatic carbocycles. The van der Waals surface area contributed by atoms with E-state index in [1.807, 2.05) is 30.5 Å². The number of nitrogens with two attached hydrogens (primary N) is 1. The van der Waals surface area contributed by atoms with Gasteiger partial charge in [-0.2, -0.15) is 0 Å². The molecular weight excluding hydrogens is 336 g/mol. The quantitative estimate of drug-likeness (QED) is 0.830. The molecule has 1 amide bonds. The number of likely N-dealkylation sites (tertiary alicyclic amines) is 1. The maximum absolute atomic E-state index is 11.7. The molecule has 0 bridgehead atoms. The van der Waals surface area contributed by atoms with Crippen LogP contribution in [0.1, 0.15) is 31.2 Å². The van der Waals surface area contributed by atoms with Crippen LogP contribution in [0.2, 0.25) is 5.02 Å². The zero-order valence-electron chi connectivity index (χ0n) is 14.4. The molecule has 1 saturated heterocycles. The molecule has 1 fully saturated rings. The van der Waals surface area contributed by atoms with Crippen LogP contribution < -0.4 is 11.1 Å². The topological polar surface area (TPSA) is 71.2 Å². The first-order valence-corrected chi connectivity index (χ1v) is 9.29. The van der Waals surface area contributed by atoms with E-state index >= 15 is 0 Å². The molecule has 1 aromatic heterocycles. The van der Waals surface area contributed by atoms with Gasteiger partial charge in [0.1, 0.15) is 0 Å². The molecule has 0 spiro atoms. The van der Waals surface area contributed by atoms with Crippen molar-refractivity contribution in [3.05, 3.63) is 41.0 Å². The highest BCUT2D eigenvalue weighted by Crippen LogP contribution is 2.26. The third-order valence-corrected chi connectivity index (χ3v) is 5.00. The first-order chi connectivity index (χ1) is 12.2. The Morgan fingerprint density at radius 3 is 3.12 bits per heavy atom. The first kappa shape index (κ1) is 18.1. The number of benzene rings is 1. The lowest BCUT2D eigenvalue weighted by atomic mass is 10.00. The first-order valence-electron chi connectivity index (χ1n) is 8.91. The molecule has 1 aliphatic heterocycles. The van der Waals surface area contributed by atoms with Crippen molar-refractivity contribution in [1.29, 1.82) is 0 Å². The number of nitrogens with zero attached hydrogens (tertiary/aromatic N) is 2. The minimum absolute atomic E-state index is 0.0305. The van der Waals surface area contributed by atoms with E-state index in [4.69, 9.17) is 17.3 Å². The van der Waals surface area contributed by atoms with Crippen LogP contribution in [-0.2, 0) is 11.3 Å². The van der Waals surface area contributed by atoms with E-state index in [1.165, 1.54) is 12.8 Å². The van der Waals surface area contributed by atoms with Crippen molar-refractivity contribution in [3.63, 3.8) is 0 Å². The van der Waals surface area contributed by atoms with Crippen molar-refractivity contribution in [2.75, 3.05) is 19.6 Å². The number of nitrogens with one attached hydrogen (secondary N) is 1. The molecule has 0 radical (unpaired) electrons. The van der Waals surface area contributed by atoms with Crippen LogP contribution >= 0.6 is 11.6 Å². The number of aromatic nitrogens is 1. The Balaban J connectivity index is 1.74. The van der Waals surface area contributed by atoms with Gasteiger partial charge < -0.3 is 11.1 Å². The van der Waals surface area contributed by atoms with Crippen molar-refractivity contribution in [3.8, 4) is 0 Å². The number of halogens is 1. The van der Waals surface area contributed by atoms with E-state index in [2.05, 4.69) is 15.2 Å². The van der Waals surface area contributed by atoms with Gasteiger partial charge in [0.15, 0.2) is 0 Å². The fraction of sp³-hybridized carbons (Fsp3) is 0.474. The molecule has 1 unspecified atom stereocenters. The Bertz CT molecular complexity index is 736. The summed E-state index contributed by atoms with van der Waals surface area (Å²) in [5.41, 5.74) is 7.59. The maximum Gasteiger partial charge on any atom is 0.221 e. The predicted octanol–water partition coefficient (Wildman–Crippen LogP) is 2.71. The number of hydrogen-bond acceptors (Lipinski definition) is 4. The van der Waals surface area contributed by atoms with Crippen molar-refractivity contribution < 1.29 is 4.79 Å². The Morgan fingerprint density at radius 2 is 2.28 bits per heavy atom. The van der Waals surface area contributed by atoms with Crippen LogP contribution in [0.5, 0.6) is 0 Å². The number of carbonyl (C=O) groups is 1. The lowest BCUT2D eigenvalue weighted by molar-refractivity contribution is -0.121. The molecule has 3 N–H and O–H groups in total. The monoisotopic (exact) mass is 360 g/mol. The standard InChI is InChI=1S/C19H25ClN4O/c20-16-10-14-4-3-8-22-19(14)15(11-16)13-24-9-2-1-5-17(24)12-23-18(25)6-7-21/h3-4,8,10-11,17H,1-2,5-7,9,12-13,21H2,(H,23,25). The number of hydrogen-bond donors (Lipinski definition) is 2. The fourth-order valence-corrected chi connectivity index (χ4v) is 3.77. The molecule has 134 valence electrons. The molecule has 5 nitrogen and oxygen atoms in total. The Kier molecular flexibility index (Phi) is 6.24. The van der Waals surface area contributed by atoms with Gasteiger partial charge in [-0.25, -0.2) is 0 Å². The molecule has 2 aromatic rings. The minimum atomic E-state index is 0.0305. The van der Waals surface area contributed by atoms with Crippen molar-refractivity contribution in [2.24, 2.45) is 5.73 Å². The van der Waals surface area contributed by atoms with Gasteiger partial charge in [0.2, 0.25) is 5.91 Å². The highest BCUT2D eigenvalue weighted by Gasteiger charge is 2.23. The summed E-state index contributed by atoms with van der Waals surface area (Å²) in [6, 6.07) is 8.27. The summed E-state index contributed by atoms with van der Waals surface area (Å²) in [6.07, 6.45) is 5.67. The summed E-state index contributed by atoms with van der Waals surface area (Å²) in [6.45, 7) is 2.88. The van der Waals surface area contributed by atoms with Gasteiger partial charge in [0.05, 0.1) is 5.52 Å². The highest BCUT2D eigenvalue weighted by molar-refractivity contribution is 6.31. The number of fused-ring (bicyclic) bond motifs is 1. The third kappa shape index (κ3) is 4.69. The number of piperidine rings is 1. The summed E-state index contributed by atoms with van der Waals surface area (Å²) in [5.74, 6) is 0.0305. The second-order valence-electron chi connectivity index (χ2n) is 6.60. The zero-order valence-corrected chi connectivity index (χ0v) is 15.1. The molecule has 25 heavy (non-hydrogen) atoms. The molecule has 3 rings (SSSR count).